The molecule has 0 fully saturated rings. The fourth-order valence-electron chi connectivity index (χ4n) is 3.84. The van der Waals surface area contributed by atoms with Gasteiger partial charge in [0.25, 0.3) is 0 Å². The lowest BCUT2D eigenvalue weighted by Gasteiger charge is -2.05. The minimum atomic E-state index is -0.438. The predicted octanol–water partition coefficient (Wildman–Crippen LogP) is 3.63. The van der Waals surface area contributed by atoms with Crippen molar-refractivity contribution in [3.8, 4) is 5.75 Å². The summed E-state index contributed by atoms with van der Waals surface area (Å²) in [5.74, 6) is 0.456. The maximum absolute atomic E-state index is 13.4. The van der Waals surface area contributed by atoms with E-state index in [1.165, 1.54) is 6.07 Å². The van der Waals surface area contributed by atoms with Crippen LogP contribution in [0.3, 0.4) is 0 Å². The summed E-state index contributed by atoms with van der Waals surface area (Å²) in [7, 11) is 0. The molecule has 0 aliphatic carbocycles. The first-order valence-corrected chi connectivity index (χ1v) is 10.2. The molecule has 146 valence electrons. The van der Waals surface area contributed by atoms with Crippen LogP contribution in [0.5, 0.6) is 5.75 Å². The summed E-state index contributed by atoms with van der Waals surface area (Å²) in [6.07, 6.45) is 2.36. The Hall–Kier alpha value is -3.64. The predicted molar refractivity (Wildman–Crippen MR) is 122 cm³/mol. The summed E-state index contributed by atoms with van der Waals surface area (Å²) in [5, 5.41) is 1.05. The maximum atomic E-state index is 13.4. The zero-order valence-electron chi connectivity index (χ0n) is 15.7. The average molecular weight is 414 g/mol. The van der Waals surface area contributed by atoms with Crippen molar-refractivity contribution in [3.05, 3.63) is 96.0 Å². The van der Waals surface area contributed by atoms with Crippen LogP contribution < -0.4 is 26.5 Å². The van der Waals surface area contributed by atoms with Gasteiger partial charge in [-0.1, -0.05) is 30.3 Å². The van der Waals surface area contributed by atoms with Crippen LogP contribution in [0, 0.1) is 0 Å². The van der Waals surface area contributed by atoms with E-state index in [1.54, 1.807) is 42.5 Å². The number of ether oxygens (including phenoxy) is 1. The molecule has 0 unspecified atom stereocenters. The molecule has 5 aromatic rings. The Morgan fingerprint density at radius 1 is 0.767 bits per heavy atom. The zero-order valence-corrected chi connectivity index (χ0v) is 16.5. The van der Waals surface area contributed by atoms with Crippen molar-refractivity contribution in [2.24, 2.45) is 0 Å². The second-order valence-electron chi connectivity index (χ2n) is 7.01. The zero-order chi connectivity index (χ0) is 21.0. The lowest BCUT2D eigenvalue weighted by molar-refractivity contribution is 0.325. The van der Waals surface area contributed by atoms with Crippen molar-refractivity contribution in [2.45, 2.75) is 6.42 Å². The molecule has 1 heterocycles. The van der Waals surface area contributed by atoms with Crippen LogP contribution in [0.25, 0.3) is 41.7 Å². The van der Waals surface area contributed by atoms with Gasteiger partial charge in [-0.2, -0.15) is 0 Å². The molecule has 5 nitrogen and oxygen atoms in total. The van der Waals surface area contributed by atoms with Gasteiger partial charge in [-0.15, -0.1) is 17.9 Å². The van der Waals surface area contributed by atoms with Crippen molar-refractivity contribution in [2.75, 3.05) is 6.61 Å². The highest BCUT2D eigenvalue weighted by molar-refractivity contribution is 7.25. The third kappa shape index (κ3) is 2.47. The van der Waals surface area contributed by atoms with Gasteiger partial charge in [-0.25, -0.2) is 0 Å². The maximum Gasteiger partial charge on any atom is 0.204 e. The molecular formula is C24H14O5S. The van der Waals surface area contributed by atoms with Crippen LogP contribution in [0.2, 0.25) is 0 Å². The van der Waals surface area contributed by atoms with Gasteiger partial charge in [-0.3, -0.25) is 19.2 Å². The van der Waals surface area contributed by atoms with E-state index in [9.17, 15) is 19.2 Å². The van der Waals surface area contributed by atoms with Crippen molar-refractivity contribution in [1.82, 2.24) is 0 Å². The van der Waals surface area contributed by atoms with Crippen LogP contribution >= 0.6 is 11.3 Å². The molecule has 0 radical (unpaired) electrons. The Morgan fingerprint density at radius 2 is 1.33 bits per heavy atom. The normalized spacial score (nSPS) is 11.6. The number of thiophene rings is 1. The molecule has 5 rings (SSSR count). The molecule has 0 N–H and O–H groups in total. The Morgan fingerprint density at radius 3 is 1.97 bits per heavy atom. The third-order valence-corrected chi connectivity index (χ3v) is 6.45. The second-order valence-corrected chi connectivity index (χ2v) is 8.03. The fourth-order valence-corrected chi connectivity index (χ4v) is 5.04. The first-order valence-electron chi connectivity index (χ1n) is 9.35. The SMILES string of the molecule is C=CCCOc1ccc2c(=O)c3sc4c(=O)c5ccccc5c(=O)c4c3c(=O)c2c1. The topological polar surface area (TPSA) is 77.5 Å². The number of fused-ring (bicyclic) bond motifs is 5. The minimum Gasteiger partial charge on any atom is -0.493 e. The van der Waals surface area contributed by atoms with Crippen molar-refractivity contribution >= 4 is 53.1 Å². The molecule has 0 atom stereocenters. The molecule has 0 spiro atoms. The molecule has 0 saturated heterocycles. The highest BCUT2D eigenvalue weighted by atomic mass is 32.1. The van der Waals surface area contributed by atoms with E-state index >= 15 is 0 Å². The van der Waals surface area contributed by atoms with Crippen LogP contribution in [0.1, 0.15) is 6.42 Å². The van der Waals surface area contributed by atoms with Crippen LogP contribution in [-0.2, 0) is 0 Å². The smallest absolute Gasteiger partial charge is 0.204 e. The highest BCUT2D eigenvalue weighted by Gasteiger charge is 2.22. The van der Waals surface area contributed by atoms with E-state index < -0.39 is 10.9 Å². The summed E-state index contributed by atoms with van der Waals surface area (Å²) >= 11 is 0.927. The summed E-state index contributed by atoms with van der Waals surface area (Å²) < 4.78 is 5.91. The fraction of sp³-hybridized carbons (Fsp3) is 0.0833. The molecule has 0 aliphatic heterocycles. The van der Waals surface area contributed by atoms with Gasteiger partial charge in [-0.05, 0) is 24.6 Å². The van der Waals surface area contributed by atoms with Crippen LogP contribution in [0.15, 0.2) is 74.3 Å². The molecule has 0 bridgehead atoms. The monoisotopic (exact) mass is 414 g/mol. The molecule has 30 heavy (non-hydrogen) atoms. The standard InChI is InChI=1S/C24H14O5S/c1-2-3-10-29-12-8-9-15-16(11-12)20(26)18-17-19(25)13-6-4-5-7-14(13)21(27)23(17)30-24(18)22(15)28/h2,4-9,11H,1,3,10H2. The van der Waals surface area contributed by atoms with Crippen molar-refractivity contribution < 1.29 is 4.74 Å². The Kier molecular flexibility index (Phi) is 4.11. The third-order valence-electron chi connectivity index (χ3n) is 5.26. The van der Waals surface area contributed by atoms with Gasteiger partial charge >= 0.3 is 0 Å². The summed E-state index contributed by atoms with van der Waals surface area (Å²) in [5.41, 5.74) is -1.54. The lowest BCUT2D eigenvalue weighted by Crippen LogP contribution is -2.15. The molecule has 4 aromatic carbocycles. The molecule has 1 aromatic heterocycles. The van der Waals surface area contributed by atoms with Crippen LogP contribution in [-0.4, -0.2) is 6.61 Å². The summed E-state index contributed by atoms with van der Waals surface area (Å²) in [6, 6.07) is 11.2. The van der Waals surface area contributed by atoms with E-state index in [4.69, 9.17) is 4.74 Å². The van der Waals surface area contributed by atoms with E-state index in [-0.39, 0.29) is 47.2 Å². The number of hydrogen-bond acceptors (Lipinski definition) is 6. The Balaban J connectivity index is 1.95. The van der Waals surface area contributed by atoms with Crippen molar-refractivity contribution in [3.63, 3.8) is 0 Å². The highest BCUT2D eigenvalue weighted by Crippen LogP contribution is 2.29. The van der Waals surface area contributed by atoms with Gasteiger partial charge in [0.05, 0.1) is 26.8 Å². The van der Waals surface area contributed by atoms with Gasteiger partial charge in [0.1, 0.15) is 5.75 Å². The van der Waals surface area contributed by atoms with Crippen LogP contribution in [0.4, 0.5) is 0 Å². The van der Waals surface area contributed by atoms with E-state index in [2.05, 4.69) is 6.58 Å². The first-order chi connectivity index (χ1) is 14.5. The molecule has 6 heteroatoms. The van der Waals surface area contributed by atoms with Gasteiger partial charge in [0, 0.05) is 21.5 Å². The van der Waals surface area contributed by atoms with Gasteiger partial charge < -0.3 is 4.74 Å². The van der Waals surface area contributed by atoms with E-state index in [1.807, 2.05) is 0 Å². The Labute approximate surface area is 172 Å². The van der Waals surface area contributed by atoms with Gasteiger partial charge in [0.15, 0.2) is 10.9 Å². The minimum absolute atomic E-state index is 0.0311. The molecule has 0 amide bonds. The quantitative estimate of drug-likeness (QED) is 0.332. The summed E-state index contributed by atoms with van der Waals surface area (Å²) in [6.45, 7) is 4.03. The largest absolute Gasteiger partial charge is 0.493 e. The molecule has 0 aliphatic rings. The lowest BCUT2D eigenvalue weighted by atomic mass is 10.0. The number of rotatable bonds is 4. The molecular weight excluding hydrogens is 400 g/mol. The first kappa shape index (κ1) is 18.4. The summed E-state index contributed by atoms with van der Waals surface area (Å²) in [4.78, 5) is 52.6. The average Bonchev–Trinajstić information content (AvgIpc) is 3.18. The molecule has 0 saturated carbocycles. The second kappa shape index (κ2) is 6.71. The van der Waals surface area contributed by atoms with Crippen molar-refractivity contribution in [1.29, 1.82) is 0 Å². The van der Waals surface area contributed by atoms with E-state index in [0.29, 0.717) is 24.2 Å². The van der Waals surface area contributed by atoms with Gasteiger partial charge in [0.2, 0.25) is 10.9 Å². The number of benzene rings is 4. The van der Waals surface area contributed by atoms with E-state index in [0.717, 1.165) is 11.3 Å². The Bertz CT molecular complexity index is 1720. The number of hydrogen-bond donors (Lipinski definition) is 0.